The Labute approximate surface area is 220 Å². The van der Waals surface area contributed by atoms with Crippen LogP contribution in [-0.2, 0) is 11.3 Å². The third-order valence-corrected chi connectivity index (χ3v) is 6.35. The van der Waals surface area contributed by atoms with E-state index < -0.39 is 18.0 Å². The van der Waals surface area contributed by atoms with E-state index in [2.05, 4.69) is 9.72 Å². The number of amides is 2. The Morgan fingerprint density at radius 3 is 2.54 bits per heavy atom. The van der Waals surface area contributed by atoms with Gasteiger partial charge in [-0.3, -0.25) is 9.59 Å². The maximum absolute atomic E-state index is 13.5. The van der Waals surface area contributed by atoms with Crippen molar-refractivity contribution in [1.29, 1.82) is 0 Å². The zero-order chi connectivity index (χ0) is 27.2. The minimum absolute atomic E-state index is 0.0787. The van der Waals surface area contributed by atoms with E-state index in [-0.39, 0.29) is 36.4 Å². The van der Waals surface area contributed by atoms with Crippen LogP contribution in [0, 0.1) is 0 Å². The Morgan fingerprint density at radius 2 is 1.92 bits per heavy atom. The summed E-state index contributed by atoms with van der Waals surface area (Å²) in [4.78, 5) is 32.6. The molecule has 0 unspecified atom stereocenters. The predicted molar refractivity (Wildman–Crippen MR) is 133 cm³/mol. The molecule has 8 nitrogen and oxygen atoms in total. The summed E-state index contributed by atoms with van der Waals surface area (Å²) in [5, 5.41) is 9.96. The second-order valence-electron chi connectivity index (χ2n) is 7.92. The molecule has 37 heavy (non-hydrogen) atoms. The zero-order valence-corrected chi connectivity index (χ0v) is 21.5. The van der Waals surface area contributed by atoms with Gasteiger partial charge in [0.2, 0.25) is 6.41 Å². The van der Waals surface area contributed by atoms with Gasteiger partial charge in [-0.25, -0.2) is 4.98 Å². The first-order valence-electron chi connectivity index (χ1n) is 11.0. The summed E-state index contributed by atoms with van der Waals surface area (Å²) in [7, 11) is 3.01. The summed E-state index contributed by atoms with van der Waals surface area (Å²) in [6, 6.07) is 12.3. The van der Waals surface area contributed by atoms with E-state index in [9.17, 15) is 27.9 Å². The fourth-order valence-electron chi connectivity index (χ4n) is 3.35. The average molecular weight is 557 g/mol. The number of halogens is 4. The maximum atomic E-state index is 13.5. The molecule has 198 valence electrons. The third kappa shape index (κ3) is 7.63. The number of ether oxygens (including phenoxy) is 1. The van der Waals surface area contributed by atoms with Crippen molar-refractivity contribution < 1.29 is 32.6 Å². The van der Waals surface area contributed by atoms with Gasteiger partial charge in [-0.15, -0.1) is 13.2 Å². The molecule has 0 bridgehead atoms. The number of aromatic nitrogens is 2. The van der Waals surface area contributed by atoms with Crippen LogP contribution in [0.3, 0.4) is 0 Å². The number of anilines is 1. The summed E-state index contributed by atoms with van der Waals surface area (Å²) < 4.78 is 43.8. The molecular formula is C24H24ClF3N4O4S. The van der Waals surface area contributed by atoms with Gasteiger partial charge >= 0.3 is 6.36 Å². The maximum Gasteiger partial charge on any atom is 0.573 e. The highest BCUT2D eigenvalue weighted by Gasteiger charge is 2.31. The molecule has 0 aliphatic carbocycles. The first-order valence-corrected chi connectivity index (χ1v) is 12.1. The van der Waals surface area contributed by atoms with Crippen molar-refractivity contribution in [2.75, 3.05) is 32.1 Å². The van der Waals surface area contributed by atoms with Crippen LogP contribution in [0.15, 0.2) is 58.6 Å². The molecule has 13 heteroatoms. The second-order valence-corrected chi connectivity index (χ2v) is 9.40. The highest BCUT2D eigenvalue weighted by atomic mass is 35.5. The number of imidazole rings is 1. The first-order chi connectivity index (χ1) is 17.5. The van der Waals surface area contributed by atoms with Gasteiger partial charge < -0.3 is 24.2 Å². The van der Waals surface area contributed by atoms with Crippen molar-refractivity contribution in [2.24, 2.45) is 0 Å². The molecule has 1 aromatic heterocycles. The zero-order valence-electron chi connectivity index (χ0n) is 19.9. The quantitative estimate of drug-likeness (QED) is 0.345. The molecule has 0 spiro atoms. The number of aliphatic hydroxyl groups excluding tert-OH is 1. The average Bonchev–Trinajstić information content (AvgIpc) is 3.19. The summed E-state index contributed by atoms with van der Waals surface area (Å²) in [6.07, 6.45) is -4.00. The molecule has 0 radical (unpaired) electrons. The van der Waals surface area contributed by atoms with Gasteiger partial charge in [0.25, 0.3) is 5.91 Å². The number of carbonyl (C=O) groups excluding carboxylic acids is 2. The number of carbonyl (C=O) groups is 2. The van der Waals surface area contributed by atoms with E-state index in [1.54, 1.807) is 41.9 Å². The fourth-order valence-corrected chi connectivity index (χ4v) is 4.41. The van der Waals surface area contributed by atoms with Crippen LogP contribution in [0.2, 0.25) is 5.02 Å². The fraction of sp³-hybridized carbons (Fsp3) is 0.292. The lowest BCUT2D eigenvalue weighted by atomic mass is 10.2. The summed E-state index contributed by atoms with van der Waals surface area (Å²) in [5.41, 5.74) is 0.875. The van der Waals surface area contributed by atoms with Gasteiger partial charge in [0.05, 0.1) is 6.54 Å². The standard InChI is InChI=1S/C24H24ClF3N4O4S/c1-30(11-4-12-33)22(35)20-21(31(2)15-34)29-23(32(20)14-16-7-9-17(25)10-8-16)37-19-6-3-5-18(13-19)36-24(26,27)28/h3,5-10,13,15,33H,4,11-12,14H2,1-2H3. The number of aliphatic hydroxyl groups is 1. The molecule has 1 heterocycles. The van der Waals surface area contributed by atoms with Crippen LogP contribution < -0.4 is 9.64 Å². The Hall–Kier alpha value is -3.22. The van der Waals surface area contributed by atoms with Gasteiger partial charge in [-0.1, -0.05) is 41.6 Å². The second kappa shape index (κ2) is 12.3. The van der Waals surface area contributed by atoms with E-state index >= 15 is 0 Å². The molecule has 0 saturated carbocycles. The molecule has 0 aliphatic rings. The molecule has 0 atom stereocenters. The SMILES string of the molecule is CN(CCCO)C(=O)c1c(N(C)C=O)nc(Sc2cccc(OC(F)(F)F)c2)n1Cc1ccc(Cl)cc1. The van der Waals surface area contributed by atoms with Crippen molar-refractivity contribution >= 4 is 41.5 Å². The van der Waals surface area contributed by atoms with Crippen LogP contribution in [0.25, 0.3) is 0 Å². The number of alkyl halides is 3. The van der Waals surface area contributed by atoms with Gasteiger partial charge in [0.15, 0.2) is 16.7 Å². The van der Waals surface area contributed by atoms with Crippen LogP contribution in [-0.4, -0.2) is 65.5 Å². The monoisotopic (exact) mass is 556 g/mol. The lowest BCUT2D eigenvalue weighted by Crippen LogP contribution is -2.32. The molecule has 3 rings (SSSR count). The number of nitrogens with zero attached hydrogens (tertiary/aromatic N) is 4. The van der Waals surface area contributed by atoms with E-state index in [0.717, 1.165) is 22.2 Å². The Kier molecular flexibility index (Phi) is 9.46. The number of benzene rings is 2. The Balaban J connectivity index is 2.11. The van der Waals surface area contributed by atoms with Crippen LogP contribution in [0.4, 0.5) is 19.0 Å². The largest absolute Gasteiger partial charge is 0.573 e. The Morgan fingerprint density at radius 1 is 1.22 bits per heavy atom. The summed E-state index contributed by atoms with van der Waals surface area (Å²) >= 11 is 7.02. The first kappa shape index (κ1) is 28.4. The summed E-state index contributed by atoms with van der Waals surface area (Å²) in [6.45, 7) is 0.304. The number of rotatable bonds is 11. The van der Waals surface area contributed by atoms with Crippen molar-refractivity contribution in [2.45, 2.75) is 29.4 Å². The third-order valence-electron chi connectivity index (χ3n) is 5.11. The molecule has 0 aliphatic heterocycles. The van der Waals surface area contributed by atoms with Crippen LogP contribution >= 0.6 is 23.4 Å². The van der Waals surface area contributed by atoms with Crippen LogP contribution in [0.1, 0.15) is 22.5 Å². The summed E-state index contributed by atoms with van der Waals surface area (Å²) in [5.74, 6) is -0.770. The minimum atomic E-state index is -4.85. The highest BCUT2D eigenvalue weighted by Crippen LogP contribution is 2.35. The van der Waals surface area contributed by atoms with Crippen molar-refractivity contribution in [3.05, 3.63) is 64.8 Å². The normalized spacial score (nSPS) is 11.3. The molecule has 2 aromatic carbocycles. The number of hydrogen-bond acceptors (Lipinski definition) is 6. The Bertz CT molecular complexity index is 1240. The van der Waals surface area contributed by atoms with E-state index in [1.165, 1.54) is 30.1 Å². The molecule has 0 fully saturated rings. The molecule has 2 amide bonds. The highest BCUT2D eigenvalue weighted by molar-refractivity contribution is 7.99. The smallest absolute Gasteiger partial charge is 0.406 e. The molecule has 1 N–H and O–H groups in total. The van der Waals surface area contributed by atoms with E-state index in [0.29, 0.717) is 22.7 Å². The molecule has 3 aromatic rings. The topological polar surface area (TPSA) is 87.9 Å². The van der Waals surface area contributed by atoms with E-state index in [4.69, 9.17) is 11.6 Å². The van der Waals surface area contributed by atoms with Crippen molar-refractivity contribution in [3.63, 3.8) is 0 Å². The molecule has 0 saturated heterocycles. The van der Waals surface area contributed by atoms with E-state index in [1.807, 2.05) is 0 Å². The van der Waals surface area contributed by atoms with Gasteiger partial charge in [-0.2, -0.15) is 0 Å². The molecular weight excluding hydrogens is 533 g/mol. The van der Waals surface area contributed by atoms with Crippen molar-refractivity contribution in [1.82, 2.24) is 14.5 Å². The minimum Gasteiger partial charge on any atom is -0.406 e. The lowest BCUT2D eigenvalue weighted by Gasteiger charge is -2.20. The van der Waals surface area contributed by atoms with Gasteiger partial charge in [0, 0.05) is 37.2 Å². The predicted octanol–water partition coefficient (Wildman–Crippen LogP) is 4.68. The van der Waals surface area contributed by atoms with Crippen molar-refractivity contribution in [3.8, 4) is 5.75 Å². The van der Waals surface area contributed by atoms with Gasteiger partial charge in [0.1, 0.15) is 5.75 Å². The number of hydrogen-bond donors (Lipinski definition) is 1. The lowest BCUT2D eigenvalue weighted by molar-refractivity contribution is -0.274. The van der Waals surface area contributed by atoms with Crippen LogP contribution in [0.5, 0.6) is 5.75 Å². The van der Waals surface area contributed by atoms with Gasteiger partial charge in [-0.05, 0) is 42.3 Å².